The quantitative estimate of drug-likeness (QED) is 0.696. The minimum absolute atomic E-state index is 0.245. The number of aromatic hydroxyl groups is 1. The van der Waals surface area contributed by atoms with Gasteiger partial charge >= 0.3 is 0 Å². The van der Waals surface area contributed by atoms with E-state index in [1.54, 1.807) is 0 Å². The maximum Gasteiger partial charge on any atom is 0.182 e. The number of halogens is 1. The van der Waals surface area contributed by atoms with Crippen molar-refractivity contribution in [1.29, 1.82) is 0 Å². The molecule has 16 heavy (non-hydrogen) atoms. The molecule has 0 aromatic heterocycles. The first kappa shape index (κ1) is 12.9. The second-order valence-corrected chi connectivity index (χ2v) is 5.29. The molecule has 1 aromatic carbocycles. The molecular weight excluding hydrogens is 237 g/mol. The molecule has 5 nitrogen and oxygen atoms in total. The number of aliphatic hydroxyl groups is 1. The van der Waals surface area contributed by atoms with Crippen molar-refractivity contribution in [2.45, 2.75) is 11.0 Å². The number of hydrogen-bond acceptors (Lipinski definition) is 5. The Kier molecular flexibility index (Phi) is 3.51. The lowest BCUT2D eigenvalue weighted by Gasteiger charge is -2.12. The number of sulfone groups is 1. The zero-order valence-electron chi connectivity index (χ0n) is 8.51. The van der Waals surface area contributed by atoms with Crippen LogP contribution in [0.25, 0.3) is 0 Å². The van der Waals surface area contributed by atoms with Crippen LogP contribution < -0.4 is 5.73 Å². The third-order valence-corrected chi connectivity index (χ3v) is 3.19. The summed E-state index contributed by atoms with van der Waals surface area (Å²) < 4.78 is 36.2. The molecule has 0 bridgehead atoms. The molecule has 1 unspecified atom stereocenters. The van der Waals surface area contributed by atoms with Gasteiger partial charge < -0.3 is 15.9 Å². The standard InChI is InChI=1S/C9H12FNO4S/c1-16(14,15)9-6(12)3-2-5(8(9)10)7(13)4-11/h2-3,7,12-13H,4,11H2,1H3. The van der Waals surface area contributed by atoms with E-state index in [1.165, 1.54) is 0 Å². The highest BCUT2D eigenvalue weighted by Gasteiger charge is 2.24. The van der Waals surface area contributed by atoms with Crippen LogP contribution in [0.1, 0.15) is 11.7 Å². The van der Waals surface area contributed by atoms with Crippen molar-refractivity contribution in [3.63, 3.8) is 0 Å². The van der Waals surface area contributed by atoms with Gasteiger partial charge in [-0.05, 0) is 12.1 Å². The van der Waals surface area contributed by atoms with Crippen molar-refractivity contribution in [3.8, 4) is 5.75 Å². The molecule has 90 valence electrons. The summed E-state index contributed by atoms with van der Waals surface area (Å²) in [5.41, 5.74) is 4.89. The van der Waals surface area contributed by atoms with E-state index in [0.29, 0.717) is 0 Å². The minimum Gasteiger partial charge on any atom is -0.506 e. The zero-order valence-corrected chi connectivity index (χ0v) is 9.33. The lowest BCUT2D eigenvalue weighted by atomic mass is 10.1. The fourth-order valence-corrected chi connectivity index (χ4v) is 2.19. The van der Waals surface area contributed by atoms with Gasteiger partial charge in [0.15, 0.2) is 15.7 Å². The number of aliphatic hydroxyl groups excluding tert-OH is 1. The Balaban J connectivity index is 3.51. The molecule has 1 aromatic rings. The van der Waals surface area contributed by atoms with Crippen LogP contribution in [0.5, 0.6) is 5.75 Å². The number of rotatable bonds is 3. The summed E-state index contributed by atoms with van der Waals surface area (Å²) in [6, 6.07) is 2.10. The van der Waals surface area contributed by atoms with Crippen LogP contribution in [0.2, 0.25) is 0 Å². The highest BCUT2D eigenvalue weighted by atomic mass is 32.2. The van der Waals surface area contributed by atoms with E-state index in [2.05, 4.69) is 0 Å². The lowest BCUT2D eigenvalue weighted by Crippen LogP contribution is -2.15. The van der Waals surface area contributed by atoms with Crippen LogP contribution >= 0.6 is 0 Å². The summed E-state index contributed by atoms with van der Waals surface area (Å²) in [7, 11) is -3.91. The van der Waals surface area contributed by atoms with Crippen molar-refractivity contribution < 1.29 is 23.0 Å². The molecule has 0 aliphatic heterocycles. The SMILES string of the molecule is CS(=O)(=O)c1c(O)ccc(C(O)CN)c1F. The average molecular weight is 249 g/mol. The van der Waals surface area contributed by atoms with Gasteiger partial charge in [-0.1, -0.05) is 0 Å². The van der Waals surface area contributed by atoms with E-state index >= 15 is 0 Å². The number of phenols is 1. The van der Waals surface area contributed by atoms with Crippen molar-refractivity contribution in [1.82, 2.24) is 0 Å². The van der Waals surface area contributed by atoms with E-state index in [1.807, 2.05) is 0 Å². The first-order chi connectivity index (χ1) is 7.29. The number of benzene rings is 1. The molecule has 4 N–H and O–H groups in total. The van der Waals surface area contributed by atoms with Gasteiger partial charge in [0.2, 0.25) is 0 Å². The van der Waals surface area contributed by atoms with Crippen LogP contribution in [0.4, 0.5) is 4.39 Å². The fraction of sp³-hybridized carbons (Fsp3) is 0.333. The molecule has 0 fully saturated rings. The first-order valence-corrected chi connectivity index (χ1v) is 6.27. The monoisotopic (exact) mass is 249 g/mol. The van der Waals surface area contributed by atoms with E-state index in [0.717, 1.165) is 18.4 Å². The molecule has 0 heterocycles. The third kappa shape index (κ3) is 2.31. The van der Waals surface area contributed by atoms with Gasteiger partial charge in [0.25, 0.3) is 0 Å². The predicted octanol–water partition coefficient (Wildman–Crippen LogP) is -0.0731. The number of hydrogen-bond donors (Lipinski definition) is 3. The van der Waals surface area contributed by atoms with Crippen molar-refractivity contribution in [2.75, 3.05) is 12.8 Å². The Morgan fingerprint density at radius 2 is 2.06 bits per heavy atom. The van der Waals surface area contributed by atoms with Crippen molar-refractivity contribution >= 4 is 9.84 Å². The van der Waals surface area contributed by atoms with Crippen LogP contribution in [0.15, 0.2) is 17.0 Å². The van der Waals surface area contributed by atoms with Gasteiger partial charge in [0.1, 0.15) is 10.6 Å². The number of phenolic OH excluding ortho intramolecular Hbond substituents is 1. The Bertz CT molecular complexity index is 500. The van der Waals surface area contributed by atoms with Crippen LogP contribution in [-0.4, -0.2) is 31.4 Å². The maximum atomic E-state index is 13.7. The van der Waals surface area contributed by atoms with E-state index in [-0.39, 0.29) is 12.1 Å². The maximum absolute atomic E-state index is 13.7. The topological polar surface area (TPSA) is 101 Å². The smallest absolute Gasteiger partial charge is 0.182 e. The highest BCUT2D eigenvalue weighted by Crippen LogP contribution is 2.30. The molecular formula is C9H12FNO4S. The third-order valence-electron chi connectivity index (χ3n) is 2.06. The number of nitrogens with two attached hydrogens (primary N) is 1. The van der Waals surface area contributed by atoms with Crippen LogP contribution in [0, 0.1) is 5.82 Å². The zero-order chi connectivity index (χ0) is 12.5. The Morgan fingerprint density at radius 3 is 2.50 bits per heavy atom. The molecule has 0 saturated carbocycles. The van der Waals surface area contributed by atoms with Gasteiger partial charge in [-0.2, -0.15) is 0 Å². The summed E-state index contributed by atoms with van der Waals surface area (Å²) in [4.78, 5) is -0.822. The highest BCUT2D eigenvalue weighted by molar-refractivity contribution is 7.90. The predicted molar refractivity (Wildman–Crippen MR) is 55.2 cm³/mol. The van der Waals surface area contributed by atoms with Crippen LogP contribution in [-0.2, 0) is 9.84 Å². The Labute approximate surface area is 92.2 Å². The molecule has 0 saturated heterocycles. The normalized spacial score (nSPS) is 13.8. The van der Waals surface area contributed by atoms with Gasteiger partial charge in [0.05, 0.1) is 6.10 Å². The fourth-order valence-electron chi connectivity index (χ4n) is 1.30. The lowest BCUT2D eigenvalue weighted by molar-refractivity contribution is 0.181. The van der Waals surface area contributed by atoms with E-state index in [9.17, 15) is 23.0 Å². The molecule has 0 spiro atoms. The molecule has 0 aliphatic rings. The van der Waals surface area contributed by atoms with Gasteiger partial charge in [0, 0.05) is 18.4 Å². The van der Waals surface area contributed by atoms with Crippen LogP contribution in [0.3, 0.4) is 0 Å². The second-order valence-electron chi connectivity index (χ2n) is 3.34. The molecule has 7 heteroatoms. The van der Waals surface area contributed by atoms with Crippen molar-refractivity contribution in [2.24, 2.45) is 5.73 Å². The van der Waals surface area contributed by atoms with Gasteiger partial charge in [-0.25, -0.2) is 12.8 Å². The average Bonchev–Trinajstić information content (AvgIpc) is 2.14. The van der Waals surface area contributed by atoms with E-state index in [4.69, 9.17) is 5.73 Å². The molecule has 1 rings (SSSR count). The van der Waals surface area contributed by atoms with Gasteiger partial charge in [-0.15, -0.1) is 0 Å². The Hall–Kier alpha value is -1.18. The van der Waals surface area contributed by atoms with Gasteiger partial charge in [-0.3, -0.25) is 0 Å². The van der Waals surface area contributed by atoms with E-state index < -0.39 is 32.4 Å². The summed E-state index contributed by atoms with van der Waals surface area (Å²) in [5, 5.41) is 18.6. The second kappa shape index (κ2) is 4.36. The largest absolute Gasteiger partial charge is 0.506 e. The summed E-state index contributed by atoms with van der Waals surface area (Å²) in [6.45, 7) is -0.245. The minimum atomic E-state index is -3.91. The summed E-state index contributed by atoms with van der Waals surface area (Å²) >= 11 is 0. The molecule has 1 atom stereocenters. The Morgan fingerprint density at radius 1 is 1.50 bits per heavy atom. The summed E-state index contributed by atoms with van der Waals surface area (Å²) in [6.07, 6.45) is -0.537. The van der Waals surface area contributed by atoms with Crippen molar-refractivity contribution in [3.05, 3.63) is 23.5 Å². The molecule has 0 radical (unpaired) electrons. The first-order valence-electron chi connectivity index (χ1n) is 4.38. The summed E-state index contributed by atoms with van der Waals surface area (Å²) in [5.74, 6) is -1.85. The molecule has 0 amide bonds. The molecule has 0 aliphatic carbocycles.